The maximum atomic E-state index is 10.6. The van der Waals surface area contributed by atoms with Gasteiger partial charge in [0.2, 0.25) is 5.91 Å². The predicted molar refractivity (Wildman–Crippen MR) is 45.2 cm³/mol. The Kier molecular flexibility index (Phi) is 3.74. The van der Waals surface area contributed by atoms with E-state index >= 15 is 0 Å². The molecule has 0 saturated carbocycles. The van der Waals surface area contributed by atoms with Gasteiger partial charge in [0.25, 0.3) is 0 Å². The van der Waals surface area contributed by atoms with Crippen LogP contribution in [0.2, 0.25) is 0 Å². The number of hydrogen-bond acceptors (Lipinski definition) is 6. The molecule has 3 N–H and O–H groups in total. The number of hydrogen-bond donors (Lipinski definition) is 2. The fraction of sp³-hybridized carbons (Fsp3) is 0.833. The molecule has 8 heteroatoms. The number of carbonyl (C=O) groups excluding carboxylic acids is 1. The summed E-state index contributed by atoms with van der Waals surface area (Å²) in [7, 11) is 0. The normalized spacial score (nSPS) is 23.1. The minimum absolute atomic E-state index is 0.0962. The van der Waals surface area contributed by atoms with Crippen molar-refractivity contribution >= 4 is 5.91 Å². The van der Waals surface area contributed by atoms with Crippen LogP contribution in [0, 0.1) is 4.91 Å². The first-order chi connectivity index (χ1) is 6.63. The molecule has 1 fully saturated rings. The summed E-state index contributed by atoms with van der Waals surface area (Å²) in [5, 5.41) is 14.0. The van der Waals surface area contributed by atoms with E-state index in [4.69, 9.17) is 15.6 Å². The molecule has 0 aromatic rings. The Morgan fingerprint density at radius 2 is 2.50 bits per heavy atom. The van der Waals surface area contributed by atoms with Crippen molar-refractivity contribution in [3.8, 4) is 0 Å². The number of amides is 1. The van der Waals surface area contributed by atoms with Crippen molar-refractivity contribution in [3.05, 3.63) is 4.91 Å². The second-order valence-corrected chi connectivity index (χ2v) is 2.82. The number of ether oxygens (including phenoxy) is 1. The molecule has 0 aliphatic carbocycles. The van der Waals surface area contributed by atoms with E-state index in [0.717, 1.165) is 5.12 Å². The highest BCUT2D eigenvalue weighted by Gasteiger charge is 2.24. The molecule has 0 aromatic heterocycles. The van der Waals surface area contributed by atoms with E-state index in [0.29, 0.717) is 6.54 Å². The second-order valence-electron chi connectivity index (χ2n) is 2.82. The molecule has 0 aromatic carbocycles. The van der Waals surface area contributed by atoms with Gasteiger partial charge in [-0.3, -0.25) is 4.79 Å². The number of carbonyl (C=O) groups is 1. The molecule has 1 unspecified atom stereocenters. The molecular formula is C6H12N4O4. The minimum atomic E-state index is -0.971. The Labute approximate surface area is 80.1 Å². The highest BCUT2D eigenvalue weighted by atomic mass is 16.6. The van der Waals surface area contributed by atoms with Gasteiger partial charge in [-0.15, -0.1) is 4.91 Å². The summed E-state index contributed by atoms with van der Waals surface area (Å²) in [6, 6.07) is 0. The number of β-amino-alcohol motifs (C(OH)–C–C–N with tert-alkyl or cyclic N) is 1. The summed E-state index contributed by atoms with van der Waals surface area (Å²) < 4.78 is 4.84. The van der Waals surface area contributed by atoms with Crippen LogP contribution in [0.5, 0.6) is 0 Å². The summed E-state index contributed by atoms with van der Waals surface area (Å²) in [4.78, 5) is 20.9. The van der Waals surface area contributed by atoms with E-state index in [1.165, 1.54) is 5.01 Å². The fourth-order valence-electron chi connectivity index (χ4n) is 1.15. The van der Waals surface area contributed by atoms with Gasteiger partial charge < -0.3 is 15.6 Å². The first kappa shape index (κ1) is 10.8. The lowest BCUT2D eigenvalue weighted by Crippen LogP contribution is -2.51. The largest absolute Gasteiger partial charge is 0.368 e. The highest BCUT2D eigenvalue weighted by molar-refractivity contribution is 5.75. The summed E-state index contributed by atoms with van der Waals surface area (Å²) in [6.07, 6.45) is -0.971. The Balaban J connectivity index is 2.50. The molecule has 1 rings (SSSR count). The third-order valence-electron chi connectivity index (χ3n) is 1.74. The fourth-order valence-corrected chi connectivity index (χ4v) is 1.15. The van der Waals surface area contributed by atoms with Gasteiger partial charge in [0, 0.05) is 6.54 Å². The van der Waals surface area contributed by atoms with Gasteiger partial charge in [-0.1, -0.05) is 0 Å². The monoisotopic (exact) mass is 204 g/mol. The first-order valence-corrected chi connectivity index (χ1v) is 4.07. The van der Waals surface area contributed by atoms with Crippen LogP contribution in [-0.4, -0.2) is 53.7 Å². The number of aliphatic hydroxyl groups excluding tert-OH is 1. The Hall–Kier alpha value is -1.25. The van der Waals surface area contributed by atoms with E-state index in [2.05, 4.69) is 5.29 Å². The maximum absolute atomic E-state index is 10.6. The lowest BCUT2D eigenvalue weighted by molar-refractivity contribution is -0.194. The van der Waals surface area contributed by atoms with Crippen molar-refractivity contribution in [1.82, 2.24) is 10.1 Å². The zero-order valence-electron chi connectivity index (χ0n) is 7.50. The zero-order valence-corrected chi connectivity index (χ0v) is 7.50. The van der Waals surface area contributed by atoms with Crippen LogP contribution in [0.3, 0.4) is 0 Å². The van der Waals surface area contributed by atoms with Crippen molar-refractivity contribution in [1.29, 1.82) is 0 Å². The molecule has 0 spiro atoms. The molecule has 0 radical (unpaired) electrons. The van der Waals surface area contributed by atoms with Crippen LogP contribution in [0.1, 0.15) is 0 Å². The number of hydrazine groups is 1. The van der Waals surface area contributed by atoms with Crippen molar-refractivity contribution < 1.29 is 14.6 Å². The SMILES string of the molecule is NC(=O)CN(N=O)N1CCOC(O)C1. The Morgan fingerprint density at radius 1 is 1.79 bits per heavy atom. The Morgan fingerprint density at radius 3 is 3.00 bits per heavy atom. The lowest BCUT2D eigenvalue weighted by atomic mass is 10.4. The number of morpholine rings is 1. The van der Waals surface area contributed by atoms with Crippen molar-refractivity contribution in [2.45, 2.75) is 6.29 Å². The van der Waals surface area contributed by atoms with Gasteiger partial charge >= 0.3 is 0 Å². The van der Waals surface area contributed by atoms with Crippen molar-refractivity contribution in [3.63, 3.8) is 0 Å². The van der Waals surface area contributed by atoms with Gasteiger partial charge in [-0.25, -0.2) is 0 Å². The van der Waals surface area contributed by atoms with E-state index in [1.54, 1.807) is 0 Å². The average Bonchev–Trinajstić information content (AvgIpc) is 2.14. The molecule has 1 aliphatic heterocycles. The molecule has 1 amide bonds. The van der Waals surface area contributed by atoms with Crippen LogP contribution >= 0.6 is 0 Å². The average molecular weight is 204 g/mol. The van der Waals surface area contributed by atoms with Gasteiger partial charge in [0.15, 0.2) is 6.29 Å². The van der Waals surface area contributed by atoms with Crippen LogP contribution in [0.25, 0.3) is 0 Å². The number of rotatable bonds is 4. The number of nitrogens with two attached hydrogens (primary N) is 1. The minimum Gasteiger partial charge on any atom is -0.368 e. The summed E-state index contributed by atoms with van der Waals surface area (Å²) in [5.74, 6) is -0.661. The molecular weight excluding hydrogens is 192 g/mol. The van der Waals surface area contributed by atoms with Crippen LogP contribution in [0.4, 0.5) is 0 Å². The van der Waals surface area contributed by atoms with E-state index in [9.17, 15) is 9.70 Å². The van der Waals surface area contributed by atoms with Crippen LogP contribution in [-0.2, 0) is 9.53 Å². The smallest absolute Gasteiger partial charge is 0.240 e. The van der Waals surface area contributed by atoms with E-state index in [-0.39, 0.29) is 19.7 Å². The molecule has 80 valence electrons. The van der Waals surface area contributed by atoms with E-state index < -0.39 is 12.2 Å². The third kappa shape index (κ3) is 2.91. The summed E-state index contributed by atoms with van der Waals surface area (Å²) in [6.45, 7) is 0.456. The summed E-state index contributed by atoms with van der Waals surface area (Å²) in [5.41, 5.74) is 4.91. The molecule has 8 nitrogen and oxygen atoms in total. The van der Waals surface area contributed by atoms with Gasteiger partial charge in [0.05, 0.1) is 18.4 Å². The number of nitrogens with zero attached hydrogens (tertiary/aromatic N) is 3. The predicted octanol–water partition coefficient (Wildman–Crippen LogP) is -1.98. The Bertz CT molecular complexity index is 224. The zero-order chi connectivity index (χ0) is 10.6. The van der Waals surface area contributed by atoms with Crippen LogP contribution < -0.4 is 5.73 Å². The quantitative estimate of drug-likeness (QED) is 0.406. The molecule has 1 heterocycles. The van der Waals surface area contributed by atoms with Gasteiger partial charge in [-0.05, 0) is 0 Å². The number of nitroso groups, excluding NO2 is 1. The summed E-state index contributed by atoms with van der Waals surface area (Å²) >= 11 is 0. The topological polar surface area (TPSA) is 108 Å². The molecule has 14 heavy (non-hydrogen) atoms. The van der Waals surface area contributed by atoms with Gasteiger partial charge in [0.1, 0.15) is 6.54 Å². The molecule has 1 aliphatic rings. The van der Waals surface area contributed by atoms with Crippen LogP contribution in [0.15, 0.2) is 5.29 Å². The van der Waals surface area contributed by atoms with Crippen molar-refractivity contribution in [2.24, 2.45) is 11.0 Å². The molecule has 1 saturated heterocycles. The standard InChI is InChI=1S/C6H12N4O4/c7-5(11)3-10(8-13)9-1-2-14-6(12)4-9/h6,12H,1-4H2,(H2,7,11). The van der Waals surface area contributed by atoms with E-state index in [1.807, 2.05) is 0 Å². The first-order valence-electron chi connectivity index (χ1n) is 4.07. The number of primary amides is 1. The molecule has 1 atom stereocenters. The second kappa shape index (κ2) is 4.84. The molecule has 0 bridgehead atoms. The third-order valence-corrected chi connectivity index (χ3v) is 1.74. The lowest BCUT2D eigenvalue weighted by Gasteiger charge is -2.34. The van der Waals surface area contributed by atoms with Gasteiger partial charge in [-0.2, -0.15) is 10.1 Å². The number of aliphatic hydroxyl groups is 1. The highest BCUT2D eigenvalue weighted by Crippen LogP contribution is 2.06. The maximum Gasteiger partial charge on any atom is 0.240 e. The van der Waals surface area contributed by atoms with Crippen molar-refractivity contribution in [2.75, 3.05) is 26.2 Å².